The SMILES string of the molecule is Cc1ccc(N2CCN3CCCC3C2)c(C)c1. The number of nitrogens with zero attached hydrogens (tertiary/aromatic N) is 2. The zero-order valence-electron chi connectivity index (χ0n) is 10.9. The lowest BCUT2D eigenvalue weighted by Gasteiger charge is -2.39. The van der Waals surface area contributed by atoms with E-state index < -0.39 is 0 Å². The van der Waals surface area contributed by atoms with Crippen LogP contribution in [-0.2, 0) is 0 Å². The van der Waals surface area contributed by atoms with Crippen LogP contribution in [0.5, 0.6) is 0 Å². The fourth-order valence-electron chi connectivity index (χ4n) is 3.37. The summed E-state index contributed by atoms with van der Waals surface area (Å²) >= 11 is 0. The smallest absolute Gasteiger partial charge is 0.0397 e. The molecule has 1 atom stereocenters. The summed E-state index contributed by atoms with van der Waals surface area (Å²) in [5, 5.41) is 0. The highest BCUT2D eigenvalue weighted by Gasteiger charge is 2.30. The van der Waals surface area contributed by atoms with Crippen molar-refractivity contribution >= 4 is 5.69 Å². The Labute approximate surface area is 104 Å². The minimum Gasteiger partial charge on any atom is -0.368 e. The van der Waals surface area contributed by atoms with Crippen LogP contribution in [0.15, 0.2) is 18.2 Å². The van der Waals surface area contributed by atoms with Crippen LogP contribution in [0.25, 0.3) is 0 Å². The fourth-order valence-corrected chi connectivity index (χ4v) is 3.37. The minimum absolute atomic E-state index is 0.810. The molecule has 0 N–H and O–H groups in total. The van der Waals surface area contributed by atoms with E-state index in [1.165, 1.54) is 55.8 Å². The van der Waals surface area contributed by atoms with Crippen LogP contribution in [-0.4, -0.2) is 37.1 Å². The van der Waals surface area contributed by atoms with E-state index in [1.807, 2.05) is 0 Å². The highest BCUT2D eigenvalue weighted by atomic mass is 15.3. The second-order valence-electron chi connectivity index (χ2n) is 5.57. The molecule has 17 heavy (non-hydrogen) atoms. The third-order valence-electron chi connectivity index (χ3n) is 4.28. The predicted molar refractivity (Wildman–Crippen MR) is 72.7 cm³/mol. The summed E-state index contributed by atoms with van der Waals surface area (Å²) in [7, 11) is 0. The molecular weight excluding hydrogens is 208 g/mol. The van der Waals surface area contributed by atoms with Gasteiger partial charge in [-0.15, -0.1) is 0 Å². The lowest BCUT2D eigenvalue weighted by atomic mass is 10.1. The van der Waals surface area contributed by atoms with Crippen molar-refractivity contribution in [3.8, 4) is 0 Å². The first-order valence-electron chi connectivity index (χ1n) is 6.80. The summed E-state index contributed by atoms with van der Waals surface area (Å²) in [5.74, 6) is 0. The van der Waals surface area contributed by atoms with Gasteiger partial charge < -0.3 is 4.90 Å². The molecule has 1 aromatic rings. The number of aryl methyl sites for hydroxylation is 2. The number of hydrogen-bond acceptors (Lipinski definition) is 2. The molecule has 2 aliphatic rings. The van der Waals surface area contributed by atoms with E-state index in [2.05, 4.69) is 41.8 Å². The zero-order chi connectivity index (χ0) is 11.8. The van der Waals surface area contributed by atoms with E-state index in [0.29, 0.717) is 0 Å². The Balaban J connectivity index is 1.80. The largest absolute Gasteiger partial charge is 0.368 e. The molecule has 1 aromatic carbocycles. The molecule has 2 heterocycles. The first kappa shape index (κ1) is 11.1. The van der Waals surface area contributed by atoms with Crippen molar-refractivity contribution in [2.24, 2.45) is 0 Å². The molecule has 2 nitrogen and oxygen atoms in total. The van der Waals surface area contributed by atoms with Gasteiger partial charge in [-0.05, 0) is 44.9 Å². The Morgan fingerprint density at radius 3 is 2.82 bits per heavy atom. The van der Waals surface area contributed by atoms with Gasteiger partial charge in [0.05, 0.1) is 0 Å². The number of piperazine rings is 1. The molecule has 3 rings (SSSR count). The molecule has 0 aliphatic carbocycles. The summed E-state index contributed by atoms with van der Waals surface area (Å²) < 4.78 is 0. The van der Waals surface area contributed by atoms with Crippen LogP contribution in [0.4, 0.5) is 5.69 Å². The Kier molecular flexibility index (Phi) is 2.83. The van der Waals surface area contributed by atoms with Gasteiger partial charge in [0, 0.05) is 31.4 Å². The van der Waals surface area contributed by atoms with Crippen LogP contribution in [0.1, 0.15) is 24.0 Å². The van der Waals surface area contributed by atoms with Crippen LogP contribution in [0, 0.1) is 13.8 Å². The molecule has 1 unspecified atom stereocenters. The molecule has 2 aliphatic heterocycles. The minimum atomic E-state index is 0.810. The molecule has 0 radical (unpaired) electrons. The summed E-state index contributed by atoms with van der Waals surface area (Å²) in [6.07, 6.45) is 2.78. The maximum atomic E-state index is 2.67. The molecule has 0 amide bonds. The average Bonchev–Trinajstić information content (AvgIpc) is 2.75. The van der Waals surface area contributed by atoms with E-state index in [9.17, 15) is 0 Å². The van der Waals surface area contributed by atoms with Crippen molar-refractivity contribution in [3.63, 3.8) is 0 Å². The topological polar surface area (TPSA) is 6.48 Å². The van der Waals surface area contributed by atoms with Crippen molar-refractivity contribution in [3.05, 3.63) is 29.3 Å². The first-order valence-corrected chi connectivity index (χ1v) is 6.80. The van der Waals surface area contributed by atoms with Gasteiger partial charge in [-0.2, -0.15) is 0 Å². The Morgan fingerprint density at radius 2 is 2.00 bits per heavy atom. The monoisotopic (exact) mass is 230 g/mol. The van der Waals surface area contributed by atoms with Crippen molar-refractivity contribution in [2.75, 3.05) is 31.1 Å². The summed E-state index contributed by atoms with van der Waals surface area (Å²) in [6.45, 7) is 9.41. The van der Waals surface area contributed by atoms with Crippen molar-refractivity contribution in [1.29, 1.82) is 0 Å². The highest BCUT2D eigenvalue weighted by Crippen LogP contribution is 2.27. The summed E-state index contributed by atoms with van der Waals surface area (Å²) in [6, 6.07) is 7.65. The number of hydrogen-bond donors (Lipinski definition) is 0. The van der Waals surface area contributed by atoms with Crippen LogP contribution < -0.4 is 4.90 Å². The average molecular weight is 230 g/mol. The third-order valence-corrected chi connectivity index (χ3v) is 4.28. The van der Waals surface area contributed by atoms with Crippen molar-refractivity contribution in [2.45, 2.75) is 32.7 Å². The molecular formula is C15H22N2. The number of fused-ring (bicyclic) bond motifs is 1. The second-order valence-corrected chi connectivity index (χ2v) is 5.57. The van der Waals surface area contributed by atoms with Crippen molar-refractivity contribution < 1.29 is 0 Å². The van der Waals surface area contributed by atoms with Gasteiger partial charge in [-0.1, -0.05) is 17.7 Å². The maximum Gasteiger partial charge on any atom is 0.0397 e. The van der Waals surface area contributed by atoms with Gasteiger partial charge in [0.2, 0.25) is 0 Å². The van der Waals surface area contributed by atoms with Crippen LogP contribution in [0.2, 0.25) is 0 Å². The summed E-state index contributed by atoms with van der Waals surface area (Å²) in [5.41, 5.74) is 4.24. The van der Waals surface area contributed by atoms with E-state index in [1.54, 1.807) is 0 Å². The maximum absolute atomic E-state index is 2.67. The van der Waals surface area contributed by atoms with Gasteiger partial charge in [0.25, 0.3) is 0 Å². The highest BCUT2D eigenvalue weighted by molar-refractivity contribution is 5.55. The van der Waals surface area contributed by atoms with E-state index in [4.69, 9.17) is 0 Å². The number of benzene rings is 1. The number of rotatable bonds is 1. The summed E-state index contributed by atoms with van der Waals surface area (Å²) in [4.78, 5) is 5.25. The van der Waals surface area contributed by atoms with Gasteiger partial charge in [0.1, 0.15) is 0 Å². The normalized spacial score (nSPS) is 25.1. The predicted octanol–water partition coefficient (Wildman–Crippen LogP) is 2.59. The molecule has 2 heteroatoms. The first-order chi connectivity index (χ1) is 8.24. The van der Waals surface area contributed by atoms with Gasteiger partial charge in [-0.25, -0.2) is 0 Å². The van der Waals surface area contributed by atoms with Crippen LogP contribution in [0.3, 0.4) is 0 Å². The zero-order valence-corrected chi connectivity index (χ0v) is 10.9. The van der Waals surface area contributed by atoms with E-state index >= 15 is 0 Å². The van der Waals surface area contributed by atoms with Gasteiger partial charge in [-0.3, -0.25) is 4.90 Å². The third kappa shape index (κ3) is 2.06. The molecule has 0 saturated carbocycles. The van der Waals surface area contributed by atoms with Gasteiger partial charge in [0.15, 0.2) is 0 Å². The molecule has 0 bridgehead atoms. The molecule has 0 spiro atoms. The quantitative estimate of drug-likeness (QED) is 0.731. The Bertz CT molecular complexity index is 413. The Morgan fingerprint density at radius 1 is 1.12 bits per heavy atom. The second kappa shape index (κ2) is 4.34. The molecule has 2 saturated heterocycles. The molecule has 92 valence electrons. The molecule has 0 aromatic heterocycles. The van der Waals surface area contributed by atoms with E-state index in [-0.39, 0.29) is 0 Å². The lowest BCUT2D eigenvalue weighted by Crippen LogP contribution is -2.50. The Hall–Kier alpha value is -1.02. The molecule has 2 fully saturated rings. The fraction of sp³-hybridized carbons (Fsp3) is 0.600. The lowest BCUT2D eigenvalue weighted by molar-refractivity contribution is 0.231. The standard InChI is InChI=1S/C15H22N2/c1-12-5-6-15(13(2)10-12)17-9-8-16-7-3-4-14(16)11-17/h5-6,10,14H,3-4,7-9,11H2,1-2H3. The van der Waals surface area contributed by atoms with Crippen molar-refractivity contribution in [1.82, 2.24) is 4.90 Å². The van der Waals surface area contributed by atoms with E-state index in [0.717, 1.165) is 6.04 Å². The number of anilines is 1. The van der Waals surface area contributed by atoms with Crippen LogP contribution >= 0.6 is 0 Å². The van der Waals surface area contributed by atoms with Gasteiger partial charge >= 0.3 is 0 Å².